The van der Waals surface area contributed by atoms with Crippen molar-refractivity contribution in [3.8, 4) is 11.5 Å². The van der Waals surface area contributed by atoms with Crippen molar-refractivity contribution in [2.45, 2.75) is 60.8 Å². The number of carboxylic acids is 2. The summed E-state index contributed by atoms with van der Waals surface area (Å²) in [5.41, 5.74) is 3.95. The second-order valence-electron chi connectivity index (χ2n) is 9.39. The molecule has 0 bridgehead atoms. The van der Waals surface area contributed by atoms with Gasteiger partial charge in [0.1, 0.15) is 11.5 Å². The zero-order valence-corrected chi connectivity index (χ0v) is 24.1. The molecule has 0 aliphatic heterocycles. The van der Waals surface area contributed by atoms with Gasteiger partial charge in [-0.05, 0) is 80.3 Å². The van der Waals surface area contributed by atoms with Crippen LogP contribution in [0.1, 0.15) is 70.2 Å². The number of phenolic OH excluding ortho intramolecular Hbond substituents is 2. The molecule has 9 heteroatoms. The third-order valence-corrected chi connectivity index (χ3v) is 4.51. The van der Waals surface area contributed by atoms with Gasteiger partial charge in [-0.2, -0.15) is 0 Å². The molecule has 0 unspecified atom stereocenters. The van der Waals surface area contributed by atoms with Crippen molar-refractivity contribution in [1.29, 1.82) is 0 Å². The average Bonchev–Trinajstić information content (AvgIpc) is 2.75. The van der Waals surface area contributed by atoms with Gasteiger partial charge in [-0.25, -0.2) is 0 Å². The molecule has 0 aliphatic carbocycles. The van der Waals surface area contributed by atoms with Gasteiger partial charge in [0.15, 0.2) is 0 Å². The monoisotopic (exact) mass is 571 g/mol. The molecule has 0 spiro atoms. The van der Waals surface area contributed by atoms with E-state index in [9.17, 15) is 10.2 Å². The van der Waals surface area contributed by atoms with Crippen molar-refractivity contribution < 1.29 is 46.8 Å². The van der Waals surface area contributed by atoms with E-state index in [-0.39, 0.29) is 28.3 Å². The zero-order valence-electron chi connectivity index (χ0n) is 23.1. The molecule has 2 rings (SSSR count). The van der Waals surface area contributed by atoms with Gasteiger partial charge in [0.2, 0.25) is 0 Å². The second kappa shape index (κ2) is 20.8. The summed E-state index contributed by atoms with van der Waals surface area (Å²) in [6.07, 6.45) is 6.27. The predicted octanol–water partition coefficient (Wildman–Crippen LogP) is 2.93. The van der Waals surface area contributed by atoms with Crippen LogP contribution in [0.3, 0.4) is 0 Å². The van der Waals surface area contributed by atoms with Gasteiger partial charge in [0, 0.05) is 48.6 Å². The minimum absolute atomic E-state index is 0. The van der Waals surface area contributed by atoms with Crippen molar-refractivity contribution in [3.05, 3.63) is 58.7 Å². The topological polar surface area (TPSA) is 145 Å². The first-order valence-electron chi connectivity index (χ1n) is 12.3. The Balaban J connectivity index is 0. The number of benzene rings is 2. The predicted molar refractivity (Wildman–Crippen MR) is 144 cm³/mol. The molecule has 1 radical (unpaired) electrons. The molecule has 0 saturated heterocycles. The number of aliphatic carboxylic acids is 2. The number of aromatic hydroxyl groups is 2. The first-order chi connectivity index (χ1) is 17.3. The summed E-state index contributed by atoms with van der Waals surface area (Å²) in [5, 5.41) is 37.8. The molecule has 0 heterocycles. The van der Waals surface area contributed by atoms with Crippen LogP contribution in [-0.2, 0) is 39.2 Å². The maximum atomic E-state index is 10.0. The van der Waals surface area contributed by atoms with Crippen molar-refractivity contribution in [2.75, 3.05) is 13.1 Å². The molecular formula is C29H40CoN2O6. The van der Waals surface area contributed by atoms with Crippen LogP contribution in [-0.4, -0.2) is 47.7 Å². The minimum Gasteiger partial charge on any atom is -0.550 e. The Hall–Kier alpha value is -3.17. The van der Waals surface area contributed by atoms with Crippen molar-refractivity contribution in [1.82, 2.24) is 0 Å². The van der Waals surface area contributed by atoms with E-state index in [0.29, 0.717) is 24.9 Å². The van der Waals surface area contributed by atoms with E-state index in [2.05, 4.69) is 37.7 Å². The Morgan fingerprint density at radius 1 is 0.763 bits per heavy atom. The minimum atomic E-state index is -1.08. The van der Waals surface area contributed by atoms with Gasteiger partial charge in [0.25, 0.3) is 0 Å². The molecule has 0 saturated carbocycles. The third kappa shape index (κ3) is 19.9. The fraction of sp³-hybridized carbons (Fsp3) is 0.448. The van der Waals surface area contributed by atoms with Crippen LogP contribution < -0.4 is 10.2 Å². The Morgan fingerprint density at radius 2 is 1.08 bits per heavy atom. The van der Waals surface area contributed by atoms with Crippen LogP contribution in [0.5, 0.6) is 11.5 Å². The number of rotatable bonds is 10. The maximum Gasteiger partial charge on any atom is 2.00 e. The Labute approximate surface area is 236 Å². The number of carbonyl (C=O) groups excluding carboxylic acids is 2. The van der Waals surface area contributed by atoms with E-state index in [1.54, 1.807) is 24.6 Å². The molecule has 0 amide bonds. The van der Waals surface area contributed by atoms with Crippen molar-refractivity contribution in [3.63, 3.8) is 0 Å². The molecular weight excluding hydrogens is 531 g/mol. The Kier molecular flexibility index (Phi) is 20.3. The fourth-order valence-corrected chi connectivity index (χ4v) is 3.19. The van der Waals surface area contributed by atoms with Crippen LogP contribution in [0.15, 0.2) is 46.4 Å². The Morgan fingerprint density at radius 3 is 1.37 bits per heavy atom. The van der Waals surface area contributed by atoms with Crippen molar-refractivity contribution in [2.24, 2.45) is 21.8 Å². The number of phenols is 2. The van der Waals surface area contributed by atoms with Crippen LogP contribution in [0, 0.1) is 11.8 Å². The van der Waals surface area contributed by atoms with Gasteiger partial charge in [0.05, 0.1) is 0 Å². The van der Waals surface area contributed by atoms with E-state index >= 15 is 0 Å². The first kappa shape index (κ1) is 37.0. The standard InChI is InChI=1S/C25H34N2O2.2C2H4O2.Co/c1-18(2)12-20-6-8-24(28)22(14-20)16-26-10-5-11-27-17-23-15-21(13-19(3)4)7-9-25(23)29;2*1-2(3)4;/h6-9,14-19,28-29H,5,10-13H2,1-4H3;2*1H3,(H,3,4);/q;;;+2/p-2. The number of hydrogen-bond acceptors (Lipinski definition) is 8. The normalized spacial score (nSPS) is 10.5. The Bertz CT molecular complexity index is 946. The number of carboxylic acid groups (broad SMARTS) is 2. The smallest absolute Gasteiger partial charge is 0.550 e. The molecule has 211 valence electrons. The van der Waals surface area contributed by atoms with Crippen LogP contribution in [0.4, 0.5) is 0 Å². The van der Waals surface area contributed by atoms with Gasteiger partial charge < -0.3 is 30.0 Å². The molecule has 0 aliphatic rings. The van der Waals surface area contributed by atoms with E-state index in [1.165, 1.54) is 11.1 Å². The number of aliphatic imine (C=N–C) groups is 2. The summed E-state index contributed by atoms with van der Waals surface area (Å²) < 4.78 is 0. The molecule has 0 aromatic heterocycles. The van der Waals surface area contributed by atoms with Crippen LogP contribution in [0.2, 0.25) is 0 Å². The van der Waals surface area contributed by atoms with Gasteiger partial charge in [-0.3, -0.25) is 9.98 Å². The van der Waals surface area contributed by atoms with Gasteiger partial charge in [-0.15, -0.1) is 0 Å². The van der Waals surface area contributed by atoms with E-state index < -0.39 is 11.9 Å². The second-order valence-corrected chi connectivity index (χ2v) is 9.39. The van der Waals surface area contributed by atoms with Crippen LogP contribution >= 0.6 is 0 Å². The van der Waals surface area contributed by atoms with Gasteiger partial charge in [-0.1, -0.05) is 39.8 Å². The maximum absolute atomic E-state index is 10.0. The summed E-state index contributed by atoms with van der Waals surface area (Å²) in [6, 6.07) is 11.4. The summed E-state index contributed by atoms with van der Waals surface area (Å²) in [7, 11) is 0. The van der Waals surface area contributed by atoms with E-state index in [1.807, 2.05) is 24.3 Å². The molecule has 8 nitrogen and oxygen atoms in total. The third-order valence-electron chi connectivity index (χ3n) is 4.51. The quantitative estimate of drug-likeness (QED) is 0.331. The zero-order chi connectivity index (χ0) is 28.4. The average molecular weight is 572 g/mol. The molecule has 38 heavy (non-hydrogen) atoms. The molecule has 0 atom stereocenters. The SMILES string of the molecule is CC(=O)[O-].CC(=O)[O-].CC(C)Cc1ccc(O)c(C=NCCCN=Cc2cc(CC(C)C)ccc2O)c1.[Co+2]. The largest absolute Gasteiger partial charge is 2.00 e. The number of carbonyl (C=O) groups is 2. The summed E-state index contributed by atoms with van der Waals surface area (Å²) >= 11 is 0. The molecule has 2 aromatic carbocycles. The summed E-state index contributed by atoms with van der Waals surface area (Å²) in [6.45, 7) is 12.0. The van der Waals surface area contributed by atoms with Crippen LogP contribution in [0.25, 0.3) is 0 Å². The molecule has 2 aromatic rings. The first-order valence-corrected chi connectivity index (χ1v) is 12.3. The van der Waals surface area contributed by atoms with E-state index in [0.717, 1.165) is 44.2 Å². The summed E-state index contributed by atoms with van der Waals surface area (Å²) in [4.78, 5) is 26.6. The number of hydrogen-bond donors (Lipinski definition) is 2. The molecule has 2 N–H and O–H groups in total. The van der Waals surface area contributed by atoms with Gasteiger partial charge >= 0.3 is 16.8 Å². The fourth-order valence-electron chi connectivity index (χ4n) is 3.19. The summed E-state index contributed by atoms with van der Waals surface area (Å²) in [5.74, 6) is -0.493. The van der Waals surface area contributed by atoms with E-state index in [4.69, 9.17) is 19.8 Å². The number of nitrogens with zero attached hydrogens (tertiary/aromatic N) is 2. The molecule has 0 fully saturated rings. The van der Waals surface area contributed by atoms with Crippen molar-refractivity contribution >= 4 is 24.4 Å².